The molecule has 0 amide bonds. The van der Waals surface area contributed by atoms with E-state index in [9.17, 15) is 13.2 Å². The van der Waals surface area contributed by atoms with Crippen LogP contribution in [0, 0.1) is 0 Å². The van der Waals surface area contributed by atoms with E-state index in [0.29, 0.717) is 5.56 Å². The number of esters is 1. The van der Waals surface area contributed by atoms with Crippen LogP contribution in [0.2, 0.25) is 0 Å². The van der Waals surface area contributed by atoms with Gasteiger partial charge in [0.1, 0.15) is 5.60 Å². The second-order valence-electron chi connectivity index (χ2n) is 4.52. The quantitative estimate of drug-likeness (QED) is 0.480. The molecule has 5 nitrogen and oxygen atoms in total. The summed E-state index contributed by atoms with van der Waals surface area (Å²) in [5.74, 6) is -0.677. The Morgan fingerprint density at radius 3 is 2.26 bits per heavy atom. The second-order valence-corrected chi connectivity index (χ2v) is 7.07. The standard InChI is InChI=1S/C12H13ClO5S/c1-11(12(13,18-11)10(14)17-2)8-4-6-9(7-5-8)19(3,15)16/h4-7H,1-3H3. The topological polar surface area (TPSA) is 73.0 Å². The maximum absolute atomic E-state index is 11.5. The summed E-state index contributed by atoms with van der Waals surface area (Å²) in [5.41, 5.74) is -0.405. The number of benzene rings is 1. The number of hydrogen-bond donors (Lipinski definition) is 0. The van der Waals surface area contributed by atoms with Crippen LogP contribution in [0.3, 0.4) is 0 Å². The molecule has 0 spiro atoms. The Morgan fingerprint density at radius 1 is 1.32 bits per heavy atom. The minimum absolute atomic E-state index is 0.193. The average molecular weight is 305 g/mol. The number of ether oxygens (including phenoxy) is 2. The minimum atomic E-state index is -3.26. The van der Waals surface area contributed by atoms with Gasteiger partial charge in [-0.3, -0.25) is 0 Å². The van der Waals surface area contributed by atoms with Crippen LogP contribution in [0.5, 0.6) is 0 Å². The SMILES string of the molecule is COC(=O)C1(Cl)OC1(C)c1ccc(S(C)(=O)=O)cc1. The molecule has 104 valence electrons. The van der Waals surface area contributed by atoms with E-state index in [-0.39, 0.29) is 4.90 Å². The van der Waals surface area contributed by atoms with E-state index in [1.54, 1.807) is 19.1 Å². The summed E-state index contributed by atoms with van der Waals surface area (Å²) in [6.45, 7) is 1.65. The lowest BCUT2D eigenvalue weighted by atomic mass is 9.97. The molecule has 1 fully saturated rings. The van der Waals surface area contributed by atoms with Crippen LogP contribution in [0.15, 0.2) is 29.2 Å². The largest absolute Gasteiger partial charge is 0.466 e. The van der Waals surface area contributed by atoms with E-state index in [1.807, 2.05) is 0 Å². The molecular weight excluding hydrogens is 292 g/mol. The Morgan fingerprint density at radius 2 is 1.84 bits per heavy atom. The Kier molecular flexibility index (Phi) is 3.16. The molecule has 0 bridgehead atoms. The van der Waals surface area contributed by atoms with Gasteiger partial charge in [-0.05, 0) is 24.6 Å². The summed E-state index contributed by atoms with van der Waals surface area (Å²) in [7, 11) is -2.04. The van der Waals surface area contributed by atoms with Crippen LogP contribution >= 0.6 is 11.6 Å². The van der Waals surface area contributed by atoms with Gasteiger partial charge in [0.2, 0.25) is 0 Å². The number of sulfone groups is 1. The molecule has 1 aromatic carbocycles. The first-order valence-electron chi connectivity index (χ1n) is 5.43. The monoisotopic (exact) mass is 304 g/mol. The fraction of sp³-hybridized carbons (Fsp3) is 0.417. The number of epoxide rings is 1. The Bertz CT molecular complexity index is 624. The van der Waals surface area contributed by atoms with Crippen LogP contribution in [0.1, 0.15) is 12.5 Å². The first-order chi connectivity index (χ1) is 8.65. The molecular formula is C12H13ClO5S. The number of alkyl halides is 1. The van der Waals surface area contributed by atoms with Crippen LogP contribution < -0.4 is 0 Å². The number of hydrogen-bond acceptors (Lipinski definition) is 5. The zero-order valence-electron chi connectivity index (χ0n) is 10.6. The highest BCUT2D eigenvalue weighted by Crippen LogP contribution is 2.58. The van der Waals surface area contributed by atoms with Crippen molar-refractivity contribution in [2.24, 2.45) is 0 Å². The normalized spacial score (nSPS) is 29.9. The van der Waals surface area contributed by atoms with Crippen molar-refractivity contribution in [3.05, 3.63) is 29.8 Å². The lowest BCUT2D eigenvalue weighted by Crippen LogP contribution is -2.26. The third-order valence-electron chi connectivity index (χ3n) is 3.20. The van der Waals surface area contributed by atoms with Crippen molar-refractivity contribution in [2.45, 2.75) is 22.5 Å². The maximum atomic E-state index is 11.5. The number of carbonyl (C=O) groups is 1. The number of halogens is 1. The molecule has 2 atom stereocenters. The first kappa shape index (κ1) is 14.3. The Labute approximate surface area is 116 Å². The lowest BCUT2D eigenvalue weighted by molar-refractivity contribution is -0.143. The van der Waals surface area contributed by atoms with Crippen LogP contribution in [-0.4, -0.2) is 32.8 Å². The third kappa shape index (κ3) is 2.13. The van der Waals surface area contributed by atoms with Crippen molar-refractivity contribution in [1.29, 1.82) is 0 Å². The molecule has 0 radical (unpaired) electrons. The van der Waals surface area contributed by atoms with Gasteiger partial charge in [0.15, 0.2) is 9.84 Å². The summed E-state index contributed by atoms with van der Waals surface area (Å²) in [5, 5.41) is -1.55. The van der Waals surface area contributed by atoms with Crippen LogP contribution in [0.25, 0.3) is 0 Å². The lowest BCUT2D eigenvalue weighted by Gasteiger charge is -2.10. The highest BCUT2D eigenvalue weighted by molar-refractivity contribution is 7.90. The van der Waals surface area contributed by atoms with Gasteiger partial charge in [-0.15, -0.1) is 0 Å². The predicted molar refractivity (Wildman–Crippen MR) is 68.6 cm³/mol. The fourth-order valence-electron chi connectivity index (χ4n) is 1.89. The predicted octanol–water partition coefficient (Wildman–Crippen LogP) is 1.44. The highest BCUT2D eigenvalue weighted by Gasteiger charge is 2.73. The minimum Gasteiger partial charge on any atom is -0.466 e. The number of carbonyl (C=O) groups excluding carboxylic acids is 1. The molecule has 0 saturated carbocycles. The first-order valence-corrected chi connectivity index (χ1v) is 7.70. The average Bonchev–Trinajstić information content (AvgIpc) is 2.93. The Balaban J connectivity index is 2.33. The molecule has 0 aromatic heterocycles. The van der Waals surface area contributed by atoms with E-state index in [1.165, 1.54) is 19.2 Å². The van der Waals surface area contributed by atoms with E-state index in [0.717, 1.165) is 6.26 Å². The summed E-state index contributed by atoms with van der Waals surface area (Å²) in [6.07, 6.45) is 1.12. The maximum Gasteiger partial charge on any atom is 0.357 e. The molecule has 0 aliphatic carbocycles. The third-order valence-corrected chi connectivity index (χ3v) is 4.92. The van der Waals surface area contributed by atoms with Gasteiger partial charge in [0.05, 0.1) is 12.0 Å². The van der Waals surface area contributed by atoms with Crippen molar-refractivity contribution < 1.29 is 22.7 Å². The van der Waals surface area contributed by atoms with Gasteiger partial charge in [0, 0.05) is 6.26 Å². The van der Waals surface area contributed by atoms with Gasteiger partial charge in [-0.1, -0.05) is 23.7 Å². The Hall–Kier alpha value is -1.11. The summed E-state index contributed by atoms with van der Waals surface area (Å²) >= 11 is 6.05. The van der Waals surface area contributed by atoms with E-state index < -0.39 is 26.5 Å². The van der Waals surface area contributed by atoms with E-state index >= 15 is 0 Å². The summed E-state index contributed by atoms with van der Waals surface area (Å²) in [4.78, 5) is 11.7. The van der Waals surface area contributed by atoms with E-state index in [2.05, 4.69) is 4.74 Å². The van der Waals surface area contributed by atoms with Crippen molar-refractivity contribution in [3.8, 4) is 0 Å². The zero-order valence-corrected chi connectivity index (χ0v) is 12.2. The summed E-state index contributed by atoms with van der Waals surface area (Å²) in [6, 6.07) is 6.05. The smallest absolute Gasteiger partial charge is 0.357 e. The molecule has 1 heterocycles. The van der Waals surface area contributed by atoms with Gasteiger partial charge >= 0.3 is 5.97 Å². The molecule has 2 unspecified atom stereocenters. The fourth-order valence-corrected chi connectivity index (χ4v) is 2.86. The molecule has 1 aliphatic rings. The van der Waals surface area contributed by atoms with Crippen LogP contribution in [-0.2, 0) is 29.7 Å². The van der Waals surface area contributed by atoms with Gasteiger partial charge < -0.3 is 9.47 Å². The highest BCUT2D eigenvalue weighted by atomic mass is 35.5. The second kappa shape index (κ2) is 4.19. The molecule has 19 heavy (non-hydrogen) atoms. The van der Waals surface area contributed by atoms with Gasteiger partial charge in [-0.25, -0.2) is 13.2 Å². The molecule has 1 saturated heterocycles. The van der Waals surface area contributed by atoms with E-state index in [4.69, 9.17) is 16.3 Å². The van der Waals surface area contributed by atoms with Crippen molar-refractivity contribution >= 4 is 27.4 Å². The van der Waals surface area contributed by atoms with Crippen LogP contribution in [0.4, 0.5) is 0 Å². The van der Waals surface area contributed by atoms with Crippen molar-refractivity contribution in [1.82, 2.24) is 0 Å². The zero-order chi connectivity index (χ0) is 14.5. The number of rotatable bonds is 3. The summed E-state index contributed by atoms with van der Waals surface area (Å²) < 4.78 is 32.6. The van der Waals surface area contributed by atoms with Gasteiger partial charge in [0.25, 0.3) is 5.06 Å². The van der Waals surface area contributed by atoms with Crippen molar-refractivity contribution in [2.75, 3.05) is 13.4 Å². The van der Waals surface area contributed by atoms with Crippen molar-refractivity contribution in [3.63, 3.8) is 0 Å². The molecule has 1 aliphatic heterocycles. The number of methoxy groups -OCH3 is 1. The molecule has 1 aromatic rings. The van der Waals surface area contributed by atoms with Gasteiger partial charge in [-0.2, -0.15) is 0 Å². The molecule has 2 rings (SSSR count). The molecule has 0 N–H and O–H groups in total. The molecule has 7 heteroatoms.